The Morgan fingerprint density at radius 2 is 0.750 bits per heavy atom. The number of hydrogen-bond acceptors (Lipinski definition) is 2. The molecule has 0 bridgehead atoms. The van der Waals surface area contributed by atoms with Gasteiger partial charge in [-0.1, -0.05) is 0 Å². The maximum absolute atomic E-state index is 8.40. The van der Waals surface area contributed by atoms with E-state index in [0.29, 0.717) is 0 Å². The monoisotopic (exact) mass is 338 g/mol. The van der Waals surface area contributed by atoms with Crippen molar-refractivity contribution in [2.24, 2.45) is 0 Å². The molecule has 0 fully saturated rings. The zero-order valence-electron chi connectivity index (χ0n) is 3.70. The topological polar surface area (TPSA) is 120 Å². The molecule has 0 unspecified atom stereocenters. The molecule has 5 nitrogen and oxygen atoms in total. The van der Waals surface area contributed by atoms with Crippen LogP contribution in [0.5, 0.6) is 0 Å². The third-order valence-electron chi connectivity index (χ3n) is 0. The van der Waals surface area contributed by atoms with Crippen LogP contribution >= 0.6 is 0 Å². The second-order valence-corrected chi connectivity index (χ2v) is 0.250. The van der Waals surface area contributed by atoms with Crippen molar-refractivity contribution < 1.29 is 25.4 Å². The third-order valence-corrected chi connectivity index (χ3v) is 0. The van der Waals surface area contributed by atoms with Crippen molar-refractivity contribution in [2.75, 3.05) is 0 Å². The fourth-order valence-corrected chi connectivity index (χ4v) is 0. The van der Waals surface area contributed by atoms with Gasteiger partial charge in [-0.05, 0) is 0 Å². The molecule has 0 amide bonds. The molecular formula is In2O5Si. The van der Waals surface area contributed by atoms with E-state index < -0.39 is 9.29 Å². The molecule has 0 radical (unpaired) electrons. The molecule has 0 saturated carbocycles. The molecule has 0 heterocycles. The summed E-state index contributed by atoms with van der Waals surface area (Å²) in [6, 6.07) is 0. The van der Waals surface area contributed by atoms with E-state index in [4.69, 9.17) is 8.92 Å². The first kappa shape index (κ1) is 56.9. The minimum absolute atomic E-state index is 0. The van der Waals surface area contributed by atoms with E-state index >= 15 is 0 Å². The summed E-state index contributed by atoms with van der Waals surface area (Å²) in [5.74, 6) is 0. The van der Waals surface area contributed by atoms with Gasteiger partial charge in [0, 0.05) is 0 Å². The molecule has 0 saturated heterocycles. The van der Waals surface area contributed by atoms with Gasteiger partial charge in [-0.25, -0.2) is 0 Å². The Labute approximate surface area is 85.7 Å². The van der Waals surface area contributed by atoms with E-state index in [1.807, 2.05) is 0 Å². The van der Waals surface area contributed by atoms with Crippen LogP contribution in [0.2, 0.25) is 0 Å². The average molecular weight is 338 g/mol. The van der Waals surface area contributed by atoms with Crippen LogP contribution in [0.1, 0.15) is 0 Å². The van der Waals surface area contributed by atoms with E-state index in [9.17, 15) is 0 Å². The van der Waals surface area contributed by atoms with Crippen LogP contribution in [-0.4, -0.2) is 61.0 Å². The molecule has 0 atom stereocenters. The molecule has 0 spiro atoms. The van der Waals surface area contributed by atoms with Gasteiger partial charge in [0.15, 0.2) is 0 Å². The molecule has 0 aromatic rings. The van der Waals surface area contributed by atoms with Crippen molar-refractivity contribution in [3.8, 4) is 0 Å². The molecule has 0 aromatic heterocycles. The summed E-state index contributed by atoms with van der Waals surface area (Å²) >= 11 is 0. The first-order valence-electron chi connectivity index (χ1n) is 0.408. The normalized spacial score (nSPS) is 1.00. The summed E-state index contributed by atoms with van der Waals surface area (Å²) in [5.41, 5.74) is 0. The SMILES string of the molecule is O=[Si]=O.[In+3].[In+3].[O-2].[O-2].[O-2]. The van der Waals surface area contributed by atoms with Gasteiger partial charge in [-0.3, -0.25) is 8.92 Å². The van der Waals surface area contributed by atoms with Crippen molar-refractivity contribution >= 4 is 61.0 Å². The first-order valence-corrected chi connectivity index (χ1v) is 1.22. The molecule has 40 valence electrons. The van der Waals surface area contributed by atoms with Crippen molar-refractivity contribution in [3.63, 3.8) is 0 Å². The largest absolute Gasteiger partial charge is 3.00 e. The zero-order chi connectivity index (χ0) is 2.71. The predicted octanol–water partition coefficient (Wildman–Crippen LogP) is -1.74. The molecule has 0 aromatic carbocycles. The van der Waals surface area contributed by atoms with Crippen LogP contribution in [0.4, 0.5) is 0 Å². The Bertz CT molecular complexity index is 31.4. The summed E-state index contributed by atoms with van der Waals surface area (Å²) in [5, 5.41) is 0. The second kappa shape index (κ2) is 78.6. The van der Waals surface area contributed by atoms with Gasteiger partial charge in [0.1, 0.15) is 0 Å². The fourth-order valence-electron chi connectivity index (χ4n) is 0. The predicted molar refractivity (Wildman–Crippen MR) is 20.7 cm³/mol. The van der Waals surface area contributed by atoms with Crippen LogP contribution in [0, 0.1) is 0 Å². The molecule has 8 heteroatoms. The summed E-state index contributed by atoms with van der Waals surface area (Å²) in [6.07, 6.45) is 0. The number of hydrogen-bond donors (Lipinski definition) is 0. The Morgan fingerprint density at radius 1 is 0.750 bits per heavy atom. The Hall–Kier alpha value is 1.44. The number of rotatable bonds is 0. The zero-order valence-corrected chi connectivity index (χ0v) is 11.3. The van der Waals surface area contributed by atoms with E-state index in [0.717, 1.165) is 0 Å². The Morgan fingerprint density at radius 3 is 0.750 bits per heavy atom. The van der Waals surface area contributed by atoms with Gasteiger partial charge in [0.2, 0.25) is 0 Å². The van der Waals surface area contributed by atoms with Crippen LogP contribution in [-0.2, 0) is 25.4 Å². The van der Waals surface area contributed by atoms with Crippen molar-refractivity contribution in [3.05, 3.63) is 0 Å². The summed E-state index contributed by atoms with van der Waals surface area (Å²) in [6.45, 7) is 0. The maximum atomic E-state index is 8.40. The van der Waals surface area contributed by atoms with Gasteiger partial charge in [0.05, 0.1) is 0 Å². The smallest absolute Gasteiger partial charge is 2.00 e. The minimum atomic E-state index is -1.42. The van der Waals surface area contributed by atoms with Crippen LogP contribution in [0.15, 0.2) is 0 Å². The second-order valence-electron chi connectivity index (χ2n) is 0.0833. The quantitative estimate of drug-likeness (QED) is 0.488. The molecule has 0 N–H and O–H groups in total. The van der Waals surface area contributed by atoms with Crippen LogP contribution in [0.3, 0.4) is 0 Å². The molecule has 8 heavy (non-hydrogen) atoms. The minimum Gasteiger partial charge on any atom is -2.00 e. The van der Waals surface area contributed by atoms with Crippen molar-refractivity contribution in [1.29, 1.82) is 0 Å². The Kier molecular flexibility index (Phi) is 558. The van der Waals surface area contributed by atoms with E-state index in [-0.39, 0.29) is 68.1 Å². The summed E-state index contributed by atoms with van der Waals surface area (Å²) in [4.78, 5) is 0. The standard InChI is InChI=1S/2In.O2Si.3O/c;;1-3-2;;;/q2*+3;;3*-2. The van der Waals surface area contributed by atoms with Crippen LogP contribution < -0.4 is 0 Å². The van der Waals surface area contributed by atoms with E-state index in [1.54, 1.807) is 0 Å². The molecule has 0 rings (SSSR count). The molecular weight excluding hydrogens is 338 g/mol. The van der Waals surface area contributed by atoms with Crippen molar-refractivity contribution in [1.82, 2.24) is 0 Å². The third kappa shape index (κ3) is 149. The molecule has 0 aliphatic rings. The first-order chi connectivity index (χ1) is 1.41. The van der Waals surface area contributed by atoms with E-state index in [1.165, 1.54) is 0 Å². The van der Waals surface area contributed by atoms with Gasteiger partial charge < -0.3 is 16.4 Å². The average Bonchev–Trinajstić information content (AvgIpc) is 0.918. The molecule has 0 aliphatic heterocycles. The van der Waals surface area contributed by atoms with Gasteiger partial charge in [-0.2, -0.15) is 0 Å². The maximum Gasteiger partial charge on any atom is 3.00 e. The van der Waals surface area contributed by atoms with Gasteiger partial charge >= 0.3 is 61.0 Å². The fraction of sp³-hybridized carbons (Fsp3) is 0. The summed E-state index contributed by atoms with van der Waals surface area (Å²) < 4.78 is 16.8. The van der Waals surface area contributed by atoms with Gasteiger partial charge in [0.25, 0.3) is 0 Å². The molecule has 0 aliphatic carbocycles. The van der Waals surface area contributed by atoms with Crippen LogP contribution in [0.25, 0.3) is 0 Å². The van der Waals surface area contributed by atoms with Crippen molar-refractivity contribution in [2.45, 2.75) is 0 Å². The van der Waals surface area contributed by atoms with Gasteiger partial charge in [-0.15, -0.1) is 0 Å². The van der Waals surface area contributed by atoms with E-state index in [2.05, 4.69) is 0 Å². The Balaban J connectivity index is -0.00000000200. The summed E-state index contributed by atoms with van der Waals surface area (Å²) in [7, 11) is -1.42.